The first kappa shape index (κ1) is 25.5. The Morgan fingerprint density at radius 3 is 2.60 bits per heavy atom. The second kappa shape index (κ2) is 12.4. The highest BCUT2D eigenvalue weighted by Crippen LogP contribution is 2.31. The van der Waals surface area contributed by atoms with Crippen LogP contribution < -0.4 is 5.32 Å². The highest BCUT2D eigenvalue weighted by Gasteiger charge is 2.20. The molecule has 2 aromatic carbocycles. The average Bonchev–Trinajstić information content (AvgIpc) is 3.18. The summed E-state index contributed by atoms with van der Waals surface area (Å²) >= 11 is 0. The quantitative estimate of drug-likeness (QED) is 0.269. The number of benzene rings is 2. The molecule has 8 heteroatoms. The van der Waals surface area contributed by atoms with Gasteiger partial charge in [-0.2, -0.15) is 0 Å². The van der Waals surface area contributed by atoms with Crippen LogP contribution in [0.25, 0.3) is 11.3 Å². The maximum Gasteiger partial charge on any atom is 0.412 e. The largest absolute Gasteiger partial charge is 0.481 e. The Balaban J connectivity index is 1.60. The molecule has 0 fully saturated rings. The van der Waals surface area contributed by atoms with Gasteiger partial charge in [-0.3, -0.25) is 10.1 Å². The van der Waals surface area contributed by atoms with Gasteiger partial charge in [-0.15, -0.1) is 0 Å². The van der Waals surface area contributed by atoms with Crippen LogP contribution >= 0.6 is 0 Å². The number of carboxylic acid groups (broad SMARTS) is 1. The number of anilines is 1. The summed E-state index contributed by atoms with van der Waals surface area (Å²) in [6, 6.07) is 13.4. The number of hydrogen-bond donors (Lipinski definition) is 2. The lowest BCUT2D eigenvalue weighted by atomic mass is 10.1. The maximum absolute atomic E-state index is 14.0. The predicted octanol–water partition coefficient (Wildman–Crippen LogP) is 6.49. The van der Waals surface area contributed by atoms with Crippen molar-refractivity contribution in [3.63, 3.8) is 0 Å². The first-order valence-corrected chi connectivity index (χ1v) is 11.3. The van der Waals surface area contributed by atoms with Gasteiger partial charge < -0.3 is 14.4 Å². The van der Waals surface area contributed by atoms with Gasteiger partial charge in [-0.25, -0.2) is 9.18 Å². The van der Waals surface area contributed by atoms with Crippen molar-refractivity contribution in [2.24, 2.45) is 0 Å². The maximum atomic E-state index is 14.0. The second-order valence-electron chi connectivity index (χ2n) is 8.00. The van der Waals surface area contributed by atoms with E-state index >= 15 is 0 Å². The molecule has 0 radical (unpaired) electrons. The predicted molar refractivity (Wildman–Crippen MR) is 129 cm³/mol. The van der Waals surface area contributed by atoms with E-state index in [0.717, 1.165) is 18.4 Å². The minimum Gasteiger partial charge on any atom is -0.481 e. The molecule has 3 aromatic rings. The van der Waals surface area contributed by atoms with Crippen LogP contribution in [0.1, 0.15) is 62.0 Å². The molecule has 2 N–H and O–H groups in total. The Morgan fingerprint density at radius 1 is 1.14 bits per heavy atom. The summed E-state index contributed by atoms with van der Waals surface area (Å²) < 4.78 is 24.7. The third-order valence-corrected chi connectivity index (χ3v) is 5.29. The van der Waals surface area contributed by atoms with Gasteiger partial charge in [0.1, 0.15) is 23.3 Å². The van der Waals surface area contributed by atoms with Crippen molar-refractivity contribution >= 4 is 17.7 Å². The van der Waals surface area contributed by atoms with Crippen LogP contribution in [0, 0.1) is 24.6 Å². The van der Waals surface area contributed by atoms with E-state index in [1.165, 1.54) is 6.07 Å². The summed E-state index contributed by atoms with van der Waals surface area (Å²) in [6.07, 6.45) is 1.71. The van der Waals surface area contributed by atoms with E-state index in [1.807, 2.05) is 24.3 Å². The Kier molecular flexibility index (Phi) is 9.02. The molecule has 1 atom stereocenters. The van der Waals surface area contributed by atoms with Crippen LogP contribution in [0.5, 0.6) is 0 Å². The summed E-state index contributed by atoms with van der Waals surface area (Å²) in [4.78, 5) is 23.0. The molecule has 0 aliphatic heterocycles. The lowest BCUT2D eigenvalue weighted by molar-refractivity contribution is -0.137. The minimum absolute atomic E-state index is 0.190. The fourth-order valence-electron chi connectivity index (χ4n) is 3.41. The van der Waals surface area contributed by atoms with Crippen LogP contribution in [0.2, 0.25) is 0 Å². The van der Waals surface area contributed by atoms with Gasteiger partial charge in [-0.1, -0.05) is 41.6 Å². The molecule has 0 aliphatic carbocycles. The Morgan fingerprint density at radius 2 is 1.89 bits per heavy atom. The summed E-state index contributed by atoms with van der Waals surface area (Å²) in [5.41, 5.74) is 2.64. The van der Waals surface area contributed by atoms with Crippen molar-refractivity contribution in [3.05, 3.63) is 71.2 Å². The van der Waals surface area contributed by atoms with E-state index < -0.39 is 24.0 Å². The van der Waals surface area contributed by atoms with Gasteiger partial charge in [0.05, 0.1) is 0 Å². The SMILES string of the molecule is Cc1noc(-c2ccc(C#CCCCCCC(=O)O)cc2)c1NC(=O)OC(C)c1ccccc1F. The molecular weight excluding hydrogens is 451 g/mol. The molecule has 0 spiro atoms. The van der Waals surface area contributed by atoms with Crippen LogP contribution in [-0.4, -0.2) is 22.3 Å². The standard InChI is InChI=1S/C27H27FN2O5/c1-18-25(29-27(33)34-19(2)22-11-8-9-12-23(22)28)26(35-30-18)21-16-14-20(15-17-21)10-6-4-3-5-7-13-24(31)32/h8-9,11-12,14-17,19H,3-5,7,13H2,1-2H3,(H,29,33)(H,31,32). The first-order chi connectivity index (χ1) is 16.8. The molecule has 7 nitrogen and oxygen atoms in total. The molecule has 0 saturated heterocycles. The van der Waals surface area contributed by atoms with Gasteiger partial charge in [0.2, 0.25) is 0 Å². The molecule has 1 heterocycles. The van der Waals surface area contributed by atoms with E-state index in [9.17, 15) is 14.0 Å². The smallest absolute Gasteiger partial charge is 0.412 e. The molecule has 1 unspecified atom stereocenters. The van der Waals surface area contributed by atoms with Crippen molar-refractivity contribution in [2.45, 2.75) is 52.1 Å². The number of halogens is 1. The number of aryl methyl sites for hydroxylation is 1. The fourth-order valence-corrected chi connectivity index (χ4v) is 3.41. The van der Waals surface area contributed by atoms with Crippen molar-refractivity contribution in [1.29, 1.82) is 0 Å². The third-order valence-electron chi connectivity index (χ3n) is 5.29. The molecule has 3 rings (SSSR count). The highest BCUT2D eigenvalue weighted by molar-refractivity contribution is 5.90. The second-order valence-corrected chi connectivity index (χ2v) is 8.00. The van der Waals surface area contributed by atoms with Gasteiger partial charge in [-0.05, 0) is 57.0 Å². The summed E-state index contributed by atoms with van der Waals surface area (Å²) in [5.74, 6) is 5.33. The fraction of sp³-hybridized carbons (Fsp3) is 0.296. The zero-order valence-electron chi connectivity index (χ0n) is 19.6. The lowest BCUT2D eigenvalue weighted by Crippen LogP contribution is -2.17. The number of ether oxygens (including phenoxy) is 1. The summed E-state index contributed by atoms with van der Waals surface area (Å²) in [7, 11) is 0. The number of carboxylic acids is 1. The number of carbonyl (C=O) groups excluding carboxylic acids is 1. The van der Waals surface area contributed by atoms with Crippen molar-refractivity contribution in [3.8, 4) is 23.2 Å². The zero-order valence-corrected chi connectivity index (χ0v) is 19.6. The number of nitrogens with one attached hydrogen (secondary N) is 1. The monoisotopic (exact) mass is 478 g/mol. The van der Waals surface area contributed by atoms with Crippen molar-refractivity contribution < 1.29 is 28.3 Å². The van der Waals surface area contributed by atoms with E-state index in [0.29, 0.717) is 35.5 Å². The number of aromatic nitrogens is 1. The van der Waals surface area contributed by atoms with Crippen molar-refractivity contribution in [2.75, 3.05) is 5.32 Å². The van der Waals surface area contributed by atoms with Gasteiger partial charge in [0.15, 0.2) is 5.76 Å². The Bertz CT molecular complexity index is 1220. The molecule has 1 aromatic heterocycles. The van der Waals surface area contributed by atoms with E-state index in [4.69, 9.17) is 14.4 Å². The van der Waals surface area contributed by atoms with Crippen molar-refractivity contribution in [1.82, 2.24) is 5.16 Å². The Hall–Kier alpha value is -4.12. The van der Waals surface area contributed by atoms with E-state index in [1.54, 1.807) is 32.0 Å². The molecule has 182 valence electrons. The highest BCUT2D eigenvalue weighted by atomic mass is 19.1. The molecule has 0 saturated carbocycles. The number of carbonyl (C=O) groups is 2. The number of nitrogens with zero attached hydrogens (tertiary/aromatic N) is 1. The molecule has 0 bridgehead atoms. The Labute approximate surface area is 203 Å². The van der Waals surface area contributed by atoms with Gasteiger partial charge in [0, 0.05) is 29.5 Å². The molecule has 35 heavy (non-hydrogen) atoms. The van der Waals surface area contributed by atoms with Gasteiger partial charge in [0.25, 0.3) is 0 Å². The number of amides is 1. The minimum atomic E-state index is -0.783. The summed E-state index contributed by atoms with van der Waals surface area (Å²) in [6.45, 7) is 3.29. The van der Waals surface area contributed by atoms with Gasteiger partial charge >= 0.3 is 12.1 Å². The van der Waals surface area contributed by atoms with Crippen LogP contribution in [0.3, 0.4) is 0 Å². The van der Waals surface area contributed by atoms with Crippen LogP contribution in [-0.2, 0) is 9.53 Å². The summed E-state index contributed by atoms with van der Waals surface area (Å²) in [5, 5.41) is 15.2. The van der Waals surface area contributed by atoms with Crippen LogP contribution in [0.15, 0.2) is 53.1 Å². The normalized spacial score (nSPS) is 11.3. The lowest BCUT2D eigenvalue weighted by Gasteiger charge is -2.15. The molecule has 0 aliphatic rings. The zero-order chi connectivity index (χ0) is 25.2. The average molecular weight is 479 g/mol. The van der Waals surface area contributed by atoms with E-state index in [2.05, 4.69) is 22.3 Å². The number of unbranched alkanes of at least 4 members (excludes halogenated alkanes) is 3. The third kappa shape index (κ3) is 7.44. The number of rotatable bonds is 9. The number of aliphatic carboxylic acids is 1. The first-order valence-electron chi connectivity index (χ1n) is 11.3. The number of hydrogen-bond acceptors (Lipinski definition) is 5. The topological polar surface area (TPSA) is 102 Å². The van der Waals surface area contributed by atoms with E-state index in [-0.39, 0.29) is 12.0 Å². The molecular formula is C27H27FN2O5. The van der Waals surface area contributed by atoms with Crippen LogP contribution in [0.4, 0.5) is 14.9 Å². The molecule has 1 amide bonds.